The highest BCUT2D eigenvalue weighted by molar-refractivity contribution is 7.89. The van der Waals surface area contributed by atoms with Crippen molar-refractivity contribution < 1.29 is 13.2 Å². The summed E-state index contributed by atoms with van der Waals surface area (Å²) >= 11 is 0. The zero-order valence-electron chi connectivity index (χ0n) is 18.6. The first-order valence-corrected chi connectivity index (χ1v) is 12.8. The molecule has 1 aromatic heterocycles. The first-order chi connectivity index (χ1) is 16.5. The van der Waals surface area contributed by atoms with Gasteiger partial charge in [0.2, 0.25) is 10.0 Å². The molecule has 34 heavy (non-hydrogen) atoms. The van der Waals surface area contributed by atoms with E-state index < -0.39 is 10.0 Å². The monoisotopic (exact) mass is 471 g/mol. The van der Waals surface area contributed by atoms with Crippen LogP contribution in [0.25, 0.3) is 10.8 Å². The van der Waals surface area contributed by atoms with Crippen LogP contribution in [0.2, 0.25) is 0 Å². The van der Waals surface area contributed by atoms with E-state index in [1.807, 2.05) is 48.5 Å². The van der Waals surface area contributed by atoms with Crippen LogP contribution < -0.4 is 5.32 Å². The van der Waals surface area contributed by atoms with E-state index in [9.17, 15) is 13.2 Å². The van der Waals surface area contributed by atoms with Gasteiger partial charge in [-0.3, -0.25) is 9.78 Å². The van der Waals surface area contributed by atoms with Gasteiger partial charge in [0.15, 0.2) is 0 Å². The van der Waals surface area contributed by atoms with E-state index in [1.165, 1.54) is 0 Å². The second kappa shape index (κ2) is 9.37. The quantitative estimate of drug-likeness (QED) is 0.422. The number of fused-ring (bicyclic) bond motifs is 1. The molecule has 1 atom stereocenters. The molecule has 1 aliphatic rings. The lowest BCUT2D eigenvalue weighted by molar-refractivity contribution is 0.102. The topological polar surface area (TPSA) is 79.4 Å². The van der Waals surface area contributed by atoms with Crippen LogP contribution in [0.5, 0.6) is 0 Å². The molecule has 0 aliphatic carbocycles. The Hall–Kier alpha value is -3.55. The van der Waals surface area contributed by atoms with Crippen LogP contribution in [-0.2, 0) is 10.0 Å². The molecular weight excluding hydrogens is 446 g/mol. The van der Waals surface area contributed by atoms with Crippen LogP contribution in [0.1, 0.15) is 41.2 Å². The number of hydrogen-bond donors (Lipinski definition) is 1. The number of rotatable bonds is 5. The highest BCUT2D eigenvalue weighted by Gasteiger charge is 2.34. The first-order valence-electron chi connectivity index (χ1n) is 11.3. The zero-order chi connectivity index (χ0) is 23.5. The van der Waals surface area contributed by atoms with Crippen molar-refractivity contribution in [3.05, 3.63) is 102 Å². The third-order valence-corrected chi connectivity index (χ3v) is 8.20. The largest absolute Gasteiger partial charge is 0.322 e. The van der Waals surface area contributed by atoms with Gasteiger partial charge in [0.25, 0.3) is 5.91 Å². The summed E-state index contributed by atoms with van der Waals surface area (Å²) in [5.41, 5.74) is 2.02. The van der Waals surface area contributed by atoms with E-state index in [0.717, 1.165) is 35.6 Å². The number of sulfonamides is 1. The number of piperidine rings is 1. The maximum Gasteiger partial charge on any atom is 0.256 e. The summed E-state index contributed by atoms with van der Waals surface area (Å²) in [6.07, 6.45) is 6.00. The fourth-order valence-corrected chi connectivity index (χ4v) is 6.25. The summed E-state index contributed by atoms with van der Waals surface area (Å²) in [5.74, 6) is -0.236. The molecule has 0 bridgehead atoms. The normalized spacial score (nSPS) is 16.9. The lowest BCUT2D eigenvalue weighted by atomic mass is 9.99. The van der Waals surface area contributed by atoms with Crippen molar-refractivity contribution in [2.45, 2.75) is 30.2 Å². The van der Waals surface area contributed by atoms with E-state index in [0.29, 0.717) is 17.8 Å². The minimum atomic E-state index is -3.69. The zero-order valence-corrected chi connectivity index (χ0v) is 19.4. The number of benzene rings is 3. The number of amides is 1. The van der Waals surface area contributed by atoms with Gasteiger partial charge in [-0.25, -0.2) is 8.42 Å². The molecule has 0 spiro atoms. The molecule has 2 heterocycles. The highest BCUT2D eigenvalue weighted by atomic mass is 32.2. The van der Waals surface area contributed by atoms with Crippen LogP contribution >= 0.6 is 0 Å². The Kier molecular flexibility index (Phi) is 6.13. The van der Waals surface area contributed by atoms with E-state index in [4.69, 9.17) is 0 Å². The maximum atomic E-state index is 13.5. The van der Waals surface area contributed by atoms with Crippen molar-refractivity contribution in [3.8, 4) is 0 Å². The Morgan fingerprint density at radius 1 is 0.912 bits per heavy atom. The number of carbonyl (C=O) groups is 1. The molecule has 1 aliphatic heterocycles. The SMILES string of the molecule is O=C(Nc1ccc(S(=O)(=O)N2CCCCC2c2cccnc2)cc1)c1cccc2ccccc12. The minimum absolute atomic E-state index is 0.214. The molecule has 7 heteroatoms. The Bertz CT molecular complexity index is 1420. The van der Waals surface area contributed by atoms with E-state index in [1.54, 1.807) is 47.0 Å². The van der Waals surface area contributed by atoms with Crippen LogP contribution in [-0.4, -0.2) is 30.2 Å². The Morgan fingerprint density at radius 2 is 1.71 bits per heavy atom. The van der Waals surface area contributed by atoms with Gasteiger partial charge < -0.3 is 5.32 Å². The van der Waals surface area contributed by atoms with Gasteiger partial charge in [0.05, 0.1) is 10.9 Å². The Labute approximate surface area is 199 Å². The molecule has 0 radical (unpaired) electrons. The molecular formula is C27H25N3O3S. The molecule has 1 amide bonds. The van der Waals surface area contributed by atoms with Crippen molar-refractivity contribution in [2.75, 3.05) is 11.9 Å². The average molecular weight is 472 g/mol. The van der Waals surface area contributed by atoms with E-state index in [2.05, 4.69) is 10.3 Å². The molecule has 172 valence electrons. The molecule has 1 fully saturated rings. The summed E-state index contributed by atoms with van der Waals surface area (Å²) < 4.78 is 28.6. The molecule has 3 aromatic carbocycles. The van der Waals surface area contributed by atoms with Crippen molar-refractivity contribution in [1.29, 1.82) is 0 Å². The van der Waals surface area contributed by atoms with Crippen LogP contribution in [0.3, 0.4) is 0 Å². The summed E-state index contributed by atoms with van der Waals surface area (Å²) in [6.45, 7) is 0.474. The second-order valence-electron chi connectivity index (χ2n) is 8.42. The summed E-state index contributed by atoms with van der Waals surface area (Å²) in [5, 5.41) is 4.74. The first kappa shape index (κ1) is 22.3. The van der Waals surface area contributed by atoms with Crippen molar-refractivity contribution >= 4 is 32.4 Å². The van der Waals surface area contributed by atoms with Gasteiger partial charge >= 0.3 is 0 Å². The van der Waals surface area contributed by atoms with Crippen LogP contribution in [0.4, 0.5) is 5.69 Å². The van der Waals surface area contributed by atoms with Gasteiger partial charge in [-0.05, 0) is 65.6 Å². The van der Waals surface area contributed by atoms with Crippen molar-refractivity contribution in [1.82, 2.24) is 9.29 Å². The average Bonchev–Trinajstić information content (AvgIpc) is 2.89. The summed E-state index contributed by atoms with van der Waals surface area (Å²) in [4.78, 5) is 17.3. The van der Waals surface area contributed by atoms with E-state index >= 15 is 0 Å². The highest BCUT2D eigenvalue weighted by Crippen LogP contribution is 2.35. The number of aromatic nitrogens is 1. The molecule has 1 saturated heterocycles. The second-order valence-corrected chi connectivity index (χ2v) is 10.3. The van der Waals surface area contributed by atoms with E-state index in [-0.39, 0.29) is 16.8 Å². The number of nitrogens with zero attached hydrogens (tertiary/aromatic N) is 2. The standard InChI is InChI=1S/C27H25N3O3S/c31-27(25-11-5-8-20-7-1-2-10-24(20)25)29-22-13-15-23(16-14-22)34(32,33)30-18-4-3-12-26(30)21-9-6-17-28-19-21/h1-2,5-11,13-17,19,26H,3-4,12,18H2,(H,29,31). The van der Waals surface area contributed by atoms with Gasteiger partial charge in [0.1, 0.15) is 0 Å². The lowest BCUT2D eigenvalue weighted by Crippen LogP contribution is -2.38. The van der Waals surface area contributed by atoms with Crippen LogP contribution in [0.15, 0.2) is 96.2 Å². The molecule has 6 nitrogen and oxygen atoms in total. The fraction of sp³-hybridized carbons (Fsp3) is 0.185. The van der Waals surface area contributed by atoms with Crippen molar-refractivity contribution in [3.63, 3.8) is 0 Å². The third kappa shape index (κ3) is 4.32. The van der Waals surface area contributed by atoms with Gasteiger partial charge in [0, 0.05) is 30.2 Å². The molecule has 5 rings (SSSR count). The van der Waals surface area contributed by atoms with Gasteiger partial charge in [-0.15, -0.1) is 0 Å². The Balaban J connectivity index is 1.37. The van der Waals surface area contributed by atoms with Gasteiger partial charge in [-0.2, -0.15) is 4.31 Å². The smallest absolute Gasteiger partial charge is 0.256 e. The maximum absolute atomic E-state index is 13.5. The molecule has 4 aromatic rings. The summed E-state index contributed by atoms with van der Waals surface area (Å²) in [6, 6.07) is 23.2. The third-order valence-electron chi connectivity index (χ3n) is 6.28. The Morgan fingerprint density at radius 3 is 2.50 bits per heavy atom. The number of hydrogen-bond acceptors (Lipinski definition) is 4. The number of pyridine rings is 1. The fourth-order valence-electron chi connectivity index (χ4n) is 4.57. The molecule has 1 unspecified atom stereocenters. The van der Waals surface area contributed by atoms with Gasteiger partial charge in [-0.1, -0.05) is 48.9 Å². The summed E-state index contributed by atoms with van der Waals surface area (Å²) in [7, 11) is -3.69. The van der Waals surface area contributed by atoms with Crippen LogP contribution in [0, 0.1) is 0 Å². The minimum Gasteiger partial charge on any atom is -0.322 e. The lowest BCUT2D eigenvalue weighted by Gasteiger charge is -2.34. The van der Waals surface area contributed by atoms with Crippen molar-refractivity contribution in [2.24, 2.45) is 0 Å². The predicted octanol–water partition coefficient (Wildman–Crippen LogP) is 5.40. The molecule has 0 saturated carbocycles. The number of nitrogens with one attached hydrogen (secondary N) is 1. The number of carbonyl (C=O) groups excluding carboxylic acids is 1. The predicted molar refractivity (Wildman–Crippen MR) is 133 cm³/mol. The number of anilines is 1. The molecule has 1 N–H and O–H groups in total.